The molecule has 2 aromatic rings. The van der Waals surface area contributed by atoms with Gasteiger partial charge in [-0.15, -0.1) is 0 Å². The highest BCUT2D eigenvalue weighted by Crippen LogP contribution is 2.42. The van der Waals surface area contributed by atoms with Crippen LogP contribution in [-0.4, -0.2) is 17.8 Å². The largest absolute Gasteiger partial charge is 0.426 e. The van der Waals surface area contributed by atoms with Crippen LogP contribution in [0.25, 0.3) is 0 Å². The number of fused-ring (bicyclic) bond motifs is 1. The van der Waals surface area contributed by atoms with Gasteiger partial charge < -0.3 is 4.74 Å². The Kier molecular flexibility index (Phi) is 4.99. The minimum atomic E-state index is -0.354. The molecule has 5 heteroatoms. The van der Waals surface area contributed by atoms with Gasteiger partial charge in [-0.05, 0) is 55.0 Å². The smallest absolute Gasteiger partial charge is 0.315 e. The molecule has 0 bridgehead atoms. The van der Waals surface area contributed by atoms with E-state index in [1.54, 1.807) is 24.3 Å². The Balaban J connectivity index is 1.44. The summed E-state index contributed by atoms with van der Waals surface area (Å²) in [6.07, 6.45) is 2.74. The van der Waals surface area contributed by atoms with Crippen LogP contribution >= 0.6 is 0 Å². The Hall–Kier alpha value is -2.95. The Morgan fingerprint density at radius 1 is 0.964 bits per heavy atom. The van der Waals surface area contributed by atoms with Gasteiger partial charge in [0.05, 0.1) is 23.9 Å². The summed E-state index contributed by atoms with van der Waals surface area (Å²) in [5.41, 5.74) is 1.43. The summed E-state index contributed by atoms with van der Waals surface area (Å²) >= 11 is 0. The van der Waals surface area contributed by atoms with E-state index in [1.807, 2.05) is 30.3 Å². The van der Waals surface area contributed by atoms with Crippen LogP contribution in [0.3, 0.4) is 0 Å². The van der Waals surface area contributed by atoms with Crippen LogP contribution in [0.1, 0.15) is 31.7 Å². The average molecular weight is 377 g/mol. The zero-order valence-electron chi connectivity index (χ0n) is 15.8. The topological polar surface area (TPSA) is 63.7 Å². The van der Waals surface area contributed by atoms with Crippen molar-refractivity contribution in [2.24, 2.45) is 17.8 Å². The van der Waals surface area contributed by atoms with E-state index in [0.29, 0.717) is 17.4 Å². The molecular formula is C23H23NO4. The van der Waals surface area contributed by atoms with Crippen molar-refractivity contribution < 1.29 is 19.1 Å². The summed E-state index contributed by atoms with van der Waals surface area (Å²) < 4.78 is 5.37. The number of esters is 1. The minimum Gasteiger partial charge on any atom is -0.426 e. The molecule has 2 aliphatic rings. The predicted molar refractivity (Wildman–Crippen MR) is 105 cm³/mol. The summed E-state index contributed by atoms with van der Waals surface area (Å²) in [6.45, 7) is 2.13. The van der Waals surface area contributed by atoms with Gasteiger partial charge in [0.1, 0.15) is 5.75 Å². The van der Waals surface area contributed by atoms with Gasteiger partial charge in [-0.1, -0.05) is 37.3 Å². The highest BCUT2D eigenvalue weighted by molar-refractivity contribution is 6.22. The molecule has 3 atom stereocenters. The summed E-state index contributed by atoms with van der Waals surface area (Å²) in [5.74, 6) is -0.0655. The van der Waals surface area contributed by atoms with E-state index < -0.39 is 0 Å². The first-order valence-electron chi connectivity index (χ1n) is 9.75. The minimum absolute atomic E-state index is 0.101. The molecular weight excluding hydrogens is 354 g/mol. The molecule has 144 valence electrons. The van der Waals surface area contributed by atoms with Crippen molar-refractivity contribution in [1.82, 2.24) is 0 Å². The molecule has 2 aromatic carbocycles. The van der Waals surface area contributed by atoms with Gasteiger partial charge in [0.15, 0.2) is 0 Å². The van der Waals surface area contributed by atoms with Crippen LogP contribution in [0, 0.1) is 17.8 Å². The van der Waals surface area contributed by atoms with Crippen LogP contribution in [0.4, 0.5) is 5.69 Å². The lowest BCUT2D eigenvalue weighted by molar-refractivity contribution is -0.133. The fraction of sp³-hybridized carbons (Fsp3) is 0.348. The van der Waals surface area contributed by atoms with Crippen molar-refractivity contribution in [2.75, 3.05) is 4.90 Å². The lowest BCUT2D eigenvalue weighted by Gasteiger charge is -2.25. The molecule has 1 aliphatic carbocycles. The zero-order valence-corrected chi connectivity index (χ0v) is 15.8. The van der Waals surface area contributed by atoms with Gasteiger partial charge in [0.2, 0.25) is 11.8 Å². The van der Waals surface area contributed by atoms with Crippen molar-refractivity contribution in [2.45, 2.75) is 32.6 Å². The normalized spacial score (nSPS) is 24.2. The third-order valence-corrected chi connectivity index (χ3v) is 5.71. The number of anilines is 1. The molecule has 0 unspecified atom stereocenters. The van der Waals surface area contributed by atoms with Crippen LogP contribution in [-0.2, 0) is 20.8 Å². The third kappa shape index (κ3) is 3.57. The SMILES string of the molecule is C[C@@H]1CC[C@@H]2C(=O)N(c3ccc(OC(=O)Cc4ccccc4)cc3)C(=O)[C@@H]2C1. The van der Waals surface area contributed by atoms with Gasteiger partial charge in [0, 0.05) is 0 Å². The van der Waals surface area contributed by atoms with Crippen molar-refractivity contribution in [3.8, 4) is 5.75 Å². The number of hydrogen-bond donors (Lipinski definition) is 0. The molecule has 1 aliphatic heterocycles. The molecule has 0 radical (unpaired) electrons. The van der Waals surface area contributed by atoms with E-state index in [4.69, 9.17) is 4.74 Å². The number of rotatable bonds is 4. The molecule has 28 heavy (non-hydrogen) atoms. The summed E-state index contributed by atoms with van der Waals surface area (Å²) in [6, 6.07) is 16.0. The van der Waals surface area contributed by atoms with Crippen molar-refractivity contribution in [1.29, 1.82) is 0 Å². The number of carbonyl (C=O) groups is 3. The Morgan fingerprint density at radius 3 is 2.36 bits per heavy atom. The van der Waals surface area contributed by atoms with Crippen LogP contribution in [0.5, 0.6) is 5.75 Å². The highest BCUT2D eigenvalue weighted by atomic mass is 16.5. The molecule has 1 saturated heterocycles. The second-order valence-electron chi connectivity index (χ2n) is 7.77. The van der Waals surface area contributed by atoms with Crippen LogP contribution in [0.15, 0.2) is 54.6 Å². The zero-order chi connectivity index (χ0) is 19.7. The molecule has 0 N–H and O–H groups in total. The van der Waals surface area contributed by atoms with E-state index in [2.05, 4.69) is 6.92 Å². The second kappa shape index (κ2) is 7.58. The van der Waals surface area contributed by atoms with E-state index in [1.165, 1.54) is 4.90 Å². The monoisotopic (exact) mass is 377 g/mol. The predicted octanol–water partition coefficient (Wildman–Crippen LogP) is 3.76. The number of amides is 2. The molecule has 1 heterocycles. The van der Waals surface area contributed by atoms with E-state index in [0.717, 1.165) is 24.8 Å². The quantitative estimate of drug-likeness (QED) is 0.462. The second-order valence-corrected chi connectivity index (χ2v) is 7.77. The fourth-order valence-electron chi connectivity index (χ4n) is 4.24. The Labute approximate surface area is 164 Å². The van der Waals surface area contributed by atoms with Crippen molar-refractivity contribution >= 4 is 23.5 Å². The summed E-state index contributed by atoms with van der Waals surface area (Å²) in [4.78, 5) is 38.9. The van der Waals surface area contributed by atoms with Crippen molar-refractivity contribution in [3.05, 3.63) is 60.2 Å². The average Bonchev–Trinajstić information content (AvgIpc) is 2.93. The van der Waals surface area contributed by atoms with Crippen LogP contribution < -0.4 is 9.64 Å². The molecule has 5 nitrogen and oxygen atoms in total. The van der Waals surface area contributed by atoms with Gasteiger partial charge in [-0.3, -0.25) is 19.3 Å². The maximum Gasteiger partial charge on any atom is 0.315 e. The van der Waals surface area contributed by atoms with Crippen LogP contribution in [0.2, 0.25) is 0 Å². The summed E-state index contributed by atoms with van der Waals surface area (Å²) in [5, 5.41) is 0. The van der Waals surface area contributed by atoms with Gasteiger partial charge >= 0.3 is 5.97 Å². The molecule has 2 amide bonds. The van der Waals surface area contributed by atoms with Gasteiger partial charge in [-0.25, -0.2) is 0 Å². The third-order valence-electron chi connectivity index (χ3n) is 5.71. The van der Waals surface area contributed by atoms with E-state index in [-0.39, 0.29) is 36.0 Å². The number of ether oxygens (including phenoxy) is 1. The first kappa shape index (κ1) is 18.4. The fourth-order valence-corrected chi connectivity index (χ4v) is 4.24. The Bertz CT molecular complexity index is 891. The van der Waals surface area contributed by atoms with Gasteiger partial charge in [-0.2, -0.15) is 0 Å². The number of nitrogens with zero attached hydrogens (tertiary/aromatic N) is 1. The standard InChI is InChI=1S/C23H23NO4/c1-15-7-12-19-20(13-15)23(27)24(22(19)26)17-8-10-18(11-9-17)28-21(25)14-16-5-3-2-4-6-16/h2-6,8-11,15,19-20H,7,12-14H2,1H3/t15-,19+,20-/m1/s1. The van der Waals surface area contributed by atoms with Crippen molar-refractivity contribution in [3.63, 3.8) is 0 Å². The maximum absolute atomic E-state index is 12.8. The molecule has 1 saturated carbocycles. The number of benzene rings is 2. The van der Waals surface area contributed by atoms with Gasteiger partial charge in [0.25, 0.3) is 0 Å². The molecule has 2 fully saturated rings. The Morgan fingerprint density at radius 2 is 1.64 bits per heavy atom. The number of imide groups is 1. The first-order valence-corrected chi connectivity index (χ1v) is 9.75. The first-order chi connectivity index (χ1) is 13.5. The molecule has 4 rings (SSSR count). The molecule has 0 spiro atoms. The lowest BCUT2D eigenvalue weighted by atomic mass is 9.76. The lowest BCUT2D eigenvalue weighted by Crippen LogP contribution is -2.30. The van der Waals surface area contributed by atoms with E-state index >= 15 is 0 Å². The maximum atomic E-state index is 12.8. The number of carbonyl (C=O) groups excluding carboxylic acids is 3. The summed E-state index contributed by atoms with van der Waals surface area (Å²) in [7, 11) is 0. The molecule has 0 aromatic heterocycles. The number of hydrogen-bond acceptors (Lipinski definition) is 4. The highest BCUT2D eigenvalue weighted by Gasteiger charge is 2.49. The van der Waals surface area contributed by atoms with E-state index in [9.17, 15) is 14.4 Å².